The van der Waals surface area contributed by atoms with E-state index in [0.717, 1.165) is 37.4 Å². The molecule has 0 saturated carbocycles. The lowest BCUT2D eigenvalue weighted by Crippen LogP contribution is -2.42. The highest BCUT2D eigenvalue weighted by Gasteiger charge is 2.25. The summed E-state index contributed by atoms with van der Waals surface area (Å²) in [6, 6.07) is 9.58. The Balaban J connectivity index is 1.49. The summed E-state index contributed by atoms with van der Waals surface area (Å²) in [6.45, 7) is 6.51. The number of urea groups is 1. The molecule has 0 aliphatic carbocycles. The van der Waals surface area contributed by atoms with E-state index in [1.54, 1.807) is 16.8 Å². The summed E-state index contributed by atoms with van der Waals surface area (Å²) in [6.07, 6.45) is 5.24. The third-order valence-corrected chi connectivity index (χ3v) is 6.46. The number of aromatic nitrogens is 3. The van der Waals surface area contributed by atoms with Crippen LogP contribution in [0.15, 0.2) is 42.2 Å². The SMILES string of the molecule is CC(C)N1CCC(Nc2cc(Nc3cccc(Cl)c3)nc3c(C=C4NC(=O)NC4=O)cnn23)CC1. The van der Waals surface area contributed by atoms with Gasteiger partial charge in [0.1, 0.15) is 17.3 Å². The van der Waals surface area contributed by atoms with Crippen molar-refractivity contribution in [2.45, 2.75) is 38.8 Å². The molecule has 4 N–H and O–H groups in total. The Labute approximate surface area is 207 Å². The smallest absolute Gasteiger partial charge is 0.326 e. The van der Waals surface area contributed by atoms with Gasteiger partial charge in [-0.3, -0.25) is 10.1 Å². The first-order valence-electron chi connectivity index (χ1n) is 11.6. The van der Waals surface area contributed by atoms with Crippen LogP contribution in [0.25, 0.3) is 11.7 Å². The summed E-state index contributed by atoms with van der Waals surface area (Å²) in [4.78, 5) is 30.8. The van der Waals surface area contributed by atoms with Crippen molar-refractivity contribution in [3.05, 3.63) is 52.8 Å². The number of imide groups is 1. The van der Waals surface area contributed by atoms with Gasteiger partial charge >= 0.3 is 6.03 Å². The zero-order valence-electron chi connectivity index (χ0n) is 19.5. The lowest BCUT2D eigenvalue weighted by molar-refractivity contribution is -0.115. The molecule has 2 aliphatic heterocycles. The second kappa shape index (κ2) is 9.55. The number of nitrogens with zero attached hydrogens (tertiary/aromatic N) is 4. The van der Waals surface area contributed by atoms with Gasteiger partial charge in [0.2, 0.25) is 0 Å². The van der Waals surface area contributed by atoms with Crippen molar-refractivity contribution in [1.82, 2.24) is 30.1 Å². The Hall–Kier alpha value is -3.63. The number of halogens is 1. The highest BCUT2D eigenvalue weighted by molar-refractivity contribution is 6.30. The second-order valence-corrected chi connectivity index (χ2v) is 9.45. The minimum Gasteiger partial charge on any atom is -0.367 e. The van der Waals surface area contributed by atoms with Gasteiger partial charge in [-0.1, -0.05) is 17.7 Å². The molecule has 0 bridgehead atoms. The lowest BCUT2D eigenvalue weighted by atomic mass is 10.0. The molecule has 5 rings (SSSR count). The predicted octanol–water partition coefficient (Wildman–Crippen LogP) is 3.59. The van der Waals surface area contributed by atoms with E-state index in [1.165, 1.54) is 0 Å². The lowest BCUT2D eigenvalue weighted by Gasteiger charge is -2.35. The van der Waals surface area contributed by atoms with Gasteiger partial charge in [0, 0.05) is 47.5 Å². The molecule has 1 aromatic carbocycles. The monoisotopic (exact) mass is 494 g/mol. The normalized spacial score (nSPS) is 18.3. The first-order chi connectivity index (χ1) is 16.9. The number of amides is 3. The standard InChI is InChI=1S/C24H27ClN8O2/c1-14(2)32-8-6-17(7-9-32)28-21-12-20(27-18-5-3-4-16(25)11-18)30-22-15(13-26-33(21)22)10-19-23(34)31-24(35)29-19/h3-5,10-14,17,28H,6-9H2,1-2H3,(H,27,30)(H2,29,31,34,35). The van der Waals surface area contributed by atoms with Crippen LogP contribution in [0.4, 0.5) is 22.1 Å². The highest BCUT2D eigenvalue weighted by Crippen LogP contribution is 2.26. The van der Waals surface area contributed by atoms with Crippen molar-refractivity contribution in [2.75, 3.05) is 23.7 Å². The molecular weight excluding hydrogens is 468 g/mol. The van der Waals surface area contributed by atoms with E-state index >= 15 is 0 Å². The third kappa shape index (κ3) is 5.08. The molecule has 0 radical (unpaired) electrons. The summed E-state index contributed by atoms with van der Waals surface area (Å²) in [7, 11) is 0. The number of rotatable bonds is 6. The number of carbonyl (C=O) groups excluding carboxylic acids is 2. The summed E-state index contributed by atoms with van der Waals surface area (Å²) < 4.78 is 1.72. The van der Waals surface area contributed by atoms with Gasteiger partial charge in [-0.05, 0) is 51.0 Å². The maximum absolute atomic E-state index is 12.0. The van der Waals surface area contributed by atoms with Crippen LogP contribution in [-0.2, 0) is 4.79 Å². The van der Waals surface area contributed by atoms with Gasteiger partial charge in [-0.25, -0.2) is 9.78 Å². The van der Waals surface area contributed by atoms with E-state index in [-0.39, 0.29) is 5.70 Å². The molecule has 3 aromatic rings. The van der Waals surface area contributed by atoms with E-state index in [1.807, 2.05) is 30.3 Å². The first kappa shape index (κ1) is 23.1. The van der Waals surface area contributed by atoms with Crippen LogP contribution >= 0.6 is 11.6 Å². The Morgan fingerprint density at radius 1 is 1.17 bits per heavy atom. The van der Waals surface area contributed by atoms with Crippen molar-refractivity contribution in [3.63, 3.8) is 0 Å². The molecule has 10 nitrogen and oxygen atoms in total. The van der Waals surface area contributed by atoms with Crippen LogP contribution in [0.3, 0.4) is 0 Å². The van der Waals surface area contributed by atoms with Gasteiger partial charge in [0.05, 0.1) is 6.20 Å². The zero-order valence-corrected chi connectivity index (χ0v) is 20.3. The minimum atomic E-state index is -0.552. The number of anilines is 3. The number of likely N-dealkylation sites (tertiary alicyclic amines) is 1. The Kier molecular flexibility index (Phi) is 6.31. The number of fused-ring (bicyclic) bond motifs is 1. The summed E-state index contributed by atoms with van der Waals surface area (Å²) in [5.74, 6) is 0.895. The molecule has 4 heterocycles. The Morgan fingerprint density at radius 3 is 2.66 bits per heavy atom. The quantitative estimate of drug-likeness (QED) is 0.305. The summed E-state index contributed by atoms with van der Waals surface area (Å²) >= 11 is 6.16. The van der Waals surface area contributed by atoms with E-state index < -0.39 is 11.9 Å². The average Bonchev–Trinajstić information content (AvgIpc) is 3.36. The maximum atomic E-state index is 12.0. The fourth-order valence-electron chi connectivity index (χ4n) is 4.37. The van der Waals surface area contributed by atoms with Gasteiger partial charge < -0.3 is 20.9 Å². The zero-order chi connectivity index (χ0) is 24.5. The molecule has 182 valence electrons. The largest absolute Gasteiger partial charge is 0.367 e. The number of hydrogen-bond acceptors (Lipinski definition) is 7. The number of nitrogens with one attached hydrogen (secondary N) is 4. The van der Waals surface area contributed by atoms with Crippen molar-refractivity contribution < 1.29 is 9.59 Å². The van der Waals surface area contributed by atoms with Crippen LogP contribution in [0.2, 0.25) is 5.02 Å². The predicted molar refractivity (Wildman–Crippen MR) is 136 cm³/mol. The molecule has 0 atom stereocenters. The highest BCUT2D eigenvalue weighted by atomic mass is 35.5. The van der Waals surface area contributed by atoms with E-state index in [4.69, 9.17) is 16.6 Å². The topological polar surface area (TPSA) is 116 Å². The third-order valence-electron chi connectivity index (χ3n) is 6.23. The maximum Gasteiger partial charge on any atom is 0.326 e. The van der Waals surface area contributed by atoms with Crippen molar-refractivity contribution in [3.8, 4) is 0 Å². The molecule has 2 saturated heterocycles. The molecule has 3 amide bonds. The van der Waals surface area contributed by atoms with Crippen LogP contribution in [0.5, 0.6) is 0 Å². The molecule has 0 spiro atoms. The van der Waals surface area contributed by atoms with Gasteiger partial charge in [0.15, 0.2) is 5.65 Å². The molecule has 0 unspecified atom stereocenters. The van der Waals surface area contributed by atoms with Crippen molar-refractivity contribution in [1.29, 1.82) is 0 Å². The Morgan fingerprint density at radius 2 is 1.97 bits per heavy atom. The summed E-state index contributed by atoms with van der Waals surface area (Å²) in [5, 5.41) is 16.8. The van der Waals surface area contributed by atoms with Gasteiger partial charge in [-0.15, -0.1) is 0 Å². The van der Waals surface area contributed by atoms with Crippen molar-refractivity contribution >= 4 is 52.6 Å². The van der Waals surface area contributed by atoms with E-state index in [9.17, 15) is 9.59 Å². The molecule has 2 aromatic heterocycles. The van der Waals surface area contributed by atoms with Crippen LogP contribution in [-0.4, -0.2) is 56.6 Å². The van der Waals surface area contributed by atoms with Crippen LogP contribution < -0.4 is 21.3 Å². The molecular formula is C24H27ClN8O2. The van der Waals surface area contributed by atoms with Crippen molar-refractivity contribution in [2.24, 2.45) is 0 Å². The number of hydrogen-bond donors (Lipinski definition) is 4. The minimum absolute atomic E-state index is 0.149. The second-order valence-electron chi connectivity index (χ2n) is 9.01. The molecule has 11 heteroatoms. The Bertz CT molecular complexity index is 1310. The van der Waals surface area contributed by atoms with E-state index in [2.05, 4.69) is 45.1 Å². The molecule has 2 aliphatic rings. The average molecular weight is 495 g/mol. The molecule has 35 heavy (non-hydrogen) atoms. The fraction of sp³-hybridized carbons (Fsp3) is 0.333. The molecule has 2 fully saturated rings. The number of benzene rings is 1. The van der Waals surface area contributed by atoms with Crippen LogP contribution in [0, 0.1) is 0 Å². The fourth-order valence-corrected chi connectivity index (χ4v) is 4.56. The van der Waals surface area contributed by atoms with Crippen LogP contribution in [0.1, 0.15) is 32.3 Å². The van der Waals surface area contributed by atoms with Gasteiger partial charge in [0.25, 0.3) is 5.91 Å². The number of piperidine rings is 1. The first-order valence-corrected chi connectivity index (χ1v) is 12.0. The van der Waals surface area contributed by atoms with Gasteiger partial charge in [-0.2, -0.15) is 9.61 Å². The van der Waals surface area contributed by atoms with E-state index in [0.29, 0.717) is 34.1 Å². The summed E-state index contributed by atoms with van der Waals surface area (Å²) in [5.41, 5.74) is 2.09. The number of carbonyl (C=O) groups is 2.